The molecule has 0 spiro atoms. The van der Waals surface area contributed by atoms with E-state index in [0.717, 1.165) is 0 Å². The van der Waals surface area contributed by atoms with Crippen molar-refractivity contribution in [2.24, 2.45) is 0 Å². The third-order valence-corrected chi connectivity index (χ3v) is 3.11. The van der Waals surface area contributed by atoms with E-state index < -0.39 is 5.97 Å². The predicted octanol–water partition coefficient (Wildman–Crippen LogP) is 3.35. The predicted molar refractivity (Wildman–Crippen MR) is 81.3 cm³/mol. The topological polar surface area (TPSA) is 55.6 Å². The lowest BCUT2D eigenvalue weighted by molar-refractivity contribution is 0.0526. The van der Waals surface area contributed by atoms with Crippen LogP contribution in [0.15, 0.2) is 42.5 Å². The lowest BCUT2D eigenvalue weighted by atomic mass is 10.1. The van der Waals surface area contributed by atoms with Crippen LogP contribution in [0.2, 0.25) is 0 Å². The molecule has 0 heterocycles. The zero-order chi connectivity index (χ0) is 15.4. The largest absolute Gasteiger partial charge is 0.462 e. The van der Waals surface area contributed by atoms with E-state index in [2.05, 4.69) is 0 Å². The molecule has 0 fully saturated rings. The molecule has 0 unspecified atom stereocenters. The number of esters is 1. The Bertz CT molecular complexity index is 658. The Hall–Kier alpha value is -2.56. The molecule has 0 aromatic heterocycles. The van der Waals surface area contributed by atoms with Gasteiger partial charge in [0.25, 0.3) is 0 Å². The lowest BCUT2D eigenvalue weighted by Gasteiger charge is -2.22. The summed E-state index contributed by atoms with van der Waals surface area (Å²) in [5.74, 6) is -0.766. The number of benzene rings is 2. The monoisotopic (exact) mass is 288 g/mol. The Kier molecular flexibility index (Phi) is 4.42. The zero-order valence-electron chi connectivity index (χ0n) is 12.0. The number of anilines is 3. The fourth-order valence-electron chi connectivity index (χ4n) is 2.05. The van der Waals surface area contributed by atoms with Crippen LogP contribution in [0.25, 0.3) is 0 Å². The van der Waals surface area contributed by atoms with Crippen molar-refractivity contribution < 1.29 is 13.9 Å². The number of nitrogen functional groups attached to an aromatic ring is 1. The van der Waals surface area contributed by atoms with Crippen molar-refractivity contribution in [3.63, 3.8) is 0 Å². The summed E-state index contributed by atoms with van der Waals surface area (Å²) in [5.41, 5.74) is 7.76. The highest BCUT2D eigenvalue weighted by atomic mass is 19.1. The summed E-state index contributed by atoms with van der Waals surface area (Å²) < 4.78 is 18.7. The molecule has 5 heteroatoms. The maximum absolute atomic E-state index is 13.8. The third kappa shape index (κ3) is 3.13. The summed E-state index contributed by atoms with van der Waals surface area (Å²) >= 11 is 0. The molecule has 4 nitrogen and oxygen atoms in total. The first-order chi connectivity index (χ1) is 10.0. The number of nitrogens with zero attached hydrogens (tertiary/aromatic N) is 1. The normalized spacial score (nSPS) is 10.2. The summed E-state index contributed by atoms with van der Waals surface area (Å²) in [6, 6.07) is 11.2. The van der Waals surface area contributed by atoms with Gasteiger partial charge in [0.2, 0.25) is 0 Å². The van der Waals surface area contributed by atoms with Crippen molar-refractivity contribution in [3.8, 4) is 0 Å². The standard InChI is InChI=1S/C16H17FN2O2/c1-3-21-16(20)11-8-9-15(13(18)10-11)19(2)14-7-5-4-6-12(14)17/h4-10H,3,18H2,1-2H3. The van der Waals surface area contributed by atoms with Gasteiger partial charge in [-0.2, -0.15) is 0 Å². The van der Waals surface area contributed by atoms with Crippen LogP contribution in [-0.2, 0) is 4.74 Å². The molecule has 2 rings (SSSR count). The van der Waals surface area contributed by atoms with Crippen molar-refractivity contribution in [1.29, 1.82) is 0 Å². The van der Waals surface area contributed by atoms with Crippen LogP contribution >= 0.6 is 0 Å². The molecule has 0 aliphatic rings. The fraction of sp³-hybridized carbons (Fsp3) is 0.188. The number of carbonyl (C=O) groups is 1. The minimum atomic E-state index is -0.427. The highest BCUT2D eigenvalue weighted by Gasteiger charge is 2.14. The molecule has 0 aliphatic carbocycles. The molecular formula is C16H17FN2O2. The van der Waals surface area contributed by atoms with E-state index in [-0.39, 0.29) is 5.82 Å². The molecule has 0 amide bonds. The van der Waals surface area contributed by atoms with Gasteiger partial charge >= 0.3 is 5.97 Å². The van der Waals surface area contributed by atoms with Crippen molar-refractivity contribution in [2.75, 3.05) is 24.3 Å². The van der Waals surface area contributed by atoms with E-state index in [9.17, 15) is 9.18 Å². The average molecular weight is 288 g/mol. The number of para-hydroxylation sites is 1. The SMILES string of the molecule is CCOC(=O)c1ccc(N(C)c2ccccc2F)c(N)c1. The van der Waals surface area contributed by atoms with Crippen LogP contribution < -0.4 is 10.6 Å². The summed E-state index contributed by atoms with van der Waals surface area (Å²) in [6.07, 6.45) is 0. The number of hydrogen-bond acceptors (Lipinski definition) is 4. The van der Waals surface area contributed by atoms with Gasteiger partial charge in [0.15, 0.2) is 0 Å². The zero-order valence-corrected chi connectivity index (χ0v) is 12.0. The quantitative estimate of drug-likeness (QED) is 0.692. The smallest absolute Gasteiger partial charge is 0.338 e. The van der Waals surface area contributed by atoms with Crippen molar-refractivity contribution >= 4 is 23.0 Å². The van der Waals surface area contributed by atoms with Crippen LogP contribution in [0.1, 0.15) is 17.3 Å². The van der Waals surface area contributed by atoms with Gasteiger partial charge in [-0.25, -0.2) is 9.18 Å². The molecular weight excluding hydrogens is 271 g/mol. The van der Waals surface area contributed by atoms with E-state index in [1.807, 2.05) is 0 Å². The van der Waals surface area contributed by atoms with Crippen LogP contribution in [0.5, 0.6) is 0 Å². The van der Waals surface area contributed by atoms with Crippen molar-refractivity contribution in [2.45, 2.75) is 6.92 Å². The summed E-state index contributed by atoms with van der Waals surface area (Å²) in [4.78, 5) is 13.3. The van der Waals surface area contributed by atoms with Gasteiger partial charge in [-0.05, 0) is 37.3 Å². The van der Waals surface area contributed by atoms with E-state index in [1.54, 1.807) is 49.2 Å². The summed E-state index contributed by atoms with van der Waals surface area (Å²) in [5, 5.41) is 0. The Labute approximate surface area is 122 Å². The van der Waals surface area contributed by atoms with E-state index in [0.29, 0.717) is 29.2 Å². The van der Waals surface area contributed by atoms with Gasteiger partial charge in [-0.1, -0.05) is 12.1 Å². The molecule has 2 aromatic rings. The number of carbonyl (C=O) groups excluding carboxylic acids is 1. The number of hydrogen-bond donors (Lipinski definition) is 1. The molecule has 0 radical (unpaired) electrons. The lowest BCUT2D eigenvalue weighted by Crippen LogP contribution is -2.14. The van der Waals surface area contributed by atoms with Crippen molar-refractivity contribution in [1.82, 2.24) is 0 Å². The first-order valence-electron chi connectivity index (χ1n) is 6.59. The molecule has 0 bridgehead atoms. The van der Waals surface area contributed by atoms with Gasteiger partial charge in [0.1, 0.15) is 5.82 Å². The van der Waals surface area contributed by atoms with E-state index in [4.69, 9.17) is 10.5 Å². The van der Waals surface area contributed by atoms with Gasteiger partial charge in [-0.15, -0.1) is 0 Å². The first kappa shape index (κ1) is 14.8. The van der Waals surface area contributed by atoms with E-state index >= 15 is 0 Å². The van der Waals surface area contributed by atoms with Gasteiger partial charge in [0, 0.05) is 7.05 Å². The second-order valence-corrected chi connectivity index (χ2v) is 4.50. The first-order valence-corrected chi connectivity index (χ1v) is 6.59. The summed E-state index contributed by atoms with van der Waals surface area (Å²) in [6.45, 7) is 2.04. The minimum absolute atomic E-state index is 0.301. The second kappa shape index (κ2) is 6.26. The van der Waals surface area contributed by atoms with Crippen molar-refractivity contribution in [3.05, 3.63) is 53.8 Å². The van der Waals surface area contributed by atoms with Gasteiger partial charge < -0.3 is 15.4 Å². The molecule has 2 N–H and O–H groups in total. The third-order valence-electron chi connectivity index (χ3n) is 3.11. The molecule has 2 aromatic carbocycles. The Morgan fingerprint density at radius 2 is 1.95 bits per heavy atom. The average Bonchev–Trinajstić information content (AvgIpc) is 2.47. The van der Waals surface area contributed by atoms with Crippen LogP contribution in [0, 0.1) is 5.82 Å². The highest BCUT2D eigenvalue weighted by Crippen LogP contribution is 2.31. The Morgan fingerprint density at radius 1 is 1.24 bits per heavy atom. The summed E-state index contributed by atoms with van der Waals surface area (Å²) in [7, 11) is 1.72. The molecule has 0 saturated carbocycles. The number of rotatable bonds is 4. The van der Waals surface area contributed by atoms with Gasteiger partial charge in [0.05, 0.1) is 29.2 Å². The minimum Gasteiger partial charge on any atom is -0.462 e. The van der Waals surface area contributed by atoms with Crippen LogP contribution in [0.3, 0.4) is 0 Å². The van der Waals surface area contributed by atoms with Crippen LogP contribution in [0.4, 0.5) is 21.5 Å². The molecule has 110 valence electrons. The number of nitrogens with two attached hydrogens (primary N) is 1. The number of halogens is 1. The maximum atomic E-state index is 13.8. The maximum Gasteiger partial charge on any atom is 0.338 e. The van der Waals surface area contributed by atoms with Crippen LogP contribution in [-0.4, -0.2) is 19.6 Å². The Balaban J connectivity index is 2.33. The fourth-order valence-corrected chi connectivity index (χ4v) is 2.05. The Morgan fingerprint density at radius 3 is 2.57 bits per heavy atom. The number of ether oxygens (including phenoxy) is 1. The second-order valence-electron chi connectivity index (χ2n) is 4.50. The molecule has 0 aliphatic heterocycles. The van der Waals surface area contributed by atoms with Gasteiger partial charge in [-0.3, -0.25) is 0 Å². The van der Waals surface area contributed by atoms with E-state index in [1.165, 1.54) is 12.1 Å². The molecule has 0 atom stereocenters. The highest BCUT2D eigenvalue weighted by molar-refractivity contribution is 5.92. The molecule has 0 saturated heterocycles. The molecule has 21 heavy (non-hydrogen) atoms.